The molecule has 0 bridgehead atoms. The fraction of sp³-hybridized carbons (Fsp3) is 0. The van der Waals surface area contributed by atoms with Gasteiger partial charge in [0.05, 0.1) is 0 Å². The number of carbonyl (C=O) groups excluding carboxylic acids is 2. The molecule has 0 spiro atoms. The van der Waals surface area contributed by atoms with Gasteiger partial charge in [0.25, 0.3) is 17.3 Å². The molecule has 8 heteroatoms. The van der Waals surface area contributed by atoms with Crippen LogP contribution in [-0.2, 0) is 0 Å². The fourth-order valence-electron chi connectivity index (χ4n) is 0.589. The average Bonchev–Trinajstić information content (AvgIpc) is 2.30. The van der Waals surface area contributed by atoms with E-state index >= 15 is 0 Å². The van der Waals surface area contributed by atoms with Crippen LogP contribution in [0.4, 0.5) is 0 Å². The number of hydrogen-bond donors (Lipinski definition) is 1. The summed E-state index contributed by atoms with van der Waals surface area (Å²) in [5.74, 6) is -3.05. The molecule has 12 heavy (non-hydrogen) atoms. The molecular weight excluding hydrogens is 170 g/mol. The minimum Gasteiger partial charge on any atom is -0.541 e. The van der Waals surface area contributed by atoms with E-state index in [-0.39, 0.29) is 0 Å². The quantitative estimate of drug-likeness (QED) is 0.465. The number of aromatic nitrogens is 2. The standard InChI is InChI=1S/C4H3N3O5/c5-3(8)2-1(4(9)10)6-12-7(2)11/h(H2,5,8)(H,9,10)/p-1. The Morgan fingerprint density at radius 1 is 1.58 bits per heavy atom. The predicted molar refractivity (Wildman–Crippen MR) is 28.3 cm³/mol. The number of nitrogens with two attached hydrogens (primary N) is 1. The van der Waals surface area contributed by atoms with Crippen molar-refractivity contribution in [3.63, 3.8) is 0 Å². The lowest BCUT2D eigenvalue weighted by molar-refractivity contribution is -0.803. The molecule has 0 saturated carbocycles. The van der Waals surface area contributed by atoms with Gasteiger partial charge in [-0.05, 0) is 4.90 Å². The molecule has 2 N–H and O–H groups in total. The molecule has 0 unspecified atom stereocenters. The molecule has 0 aliphatic heterocycles. The monoisotopic (exact) mass is 172 g/mol. The third-order valence-corrected chi connectivity index (χ3v) is 1.04. The Bertz CT molecular complexity index is 342. The van der Waals surface area contributed by atoms with Crippen LogP contribution in [0.15, 0.2) is 4.63 Å². The van der Waals surface area contributed by atoms with Crippen LogP contribution in [0, 0.1) is 5.21 Å². The van der Waals surface area contributed by atoms with Gasteiger partial charge >= 0.3 is 0 Å². The first-order chi connectivity index (χ1) is 5.54. The van der Waals surface area contributed by atoms with Crippen molar-refractivity contribution in [2.45, 2.75) is 0 Å². The molecule has 1 aromatic heterocycles. The number of primary amides is 1. The van der Waals surface area contributed by atoms with E-state index in [1.54, 1.807) is 0 Å². The summed E-state index contributed by atoms with van der Waals surface area (Å²) in [6.07, 6.45) is 0. The van der Waals surface area contributed by atoms with Crippen molar-refractivity contribution < 1.29 is 24.2 Å². The molecule has 1 rings (SSSR count). The fourth-order valence-corrected chi connectivity index (χ4v) is 0.589. The zero-order chi connectivity index (χ0) is 9.30. The Morgan fingerprint density at radius 3 is 2.50 bits per heavy atom. The van der Waals surface area contributed by atoms with Crippen molar-refractivity contribution in [1.82, 2.24) is 5.16 Å². The van der Waals surface area contributed by atoms with Crippen LogP contribution in [0.3, 0.4) is 0 Å². The van der Waals surface area contributed by atoms with Gasteiger partial charge in [-0.2, -0.15) is 0 Å². The molecule has 0 radical (unpaired) electrons. The van der Waals surface area contributed by atoms with Crippen molar-refractivity contribution in [2.75, 3.05) is 0 Å². The van der Waals surface area contributed by atoms with Crippen molar-refractivity contribution >= 4 is 11.9 Å². The molecule has 64 valence electrons. The maximum Gasteiger partial charge on any atom is 0.297 e. The number of rotatable bonds is 2. The van der Waals surface area contributed by atoms with Crippen LogP contribution in [0.25, 0.3) is 0 Å². The number of hydrogen-bond acceptors (Lipinski definition) is 6. The van der Waals surface area contributed by atoms with Crippen molar-refractivity contribution in [1.29, 1.82) is 0 Å². The molecule has 0 fully saturated rings. The minimum atomic E-state index is -1.80. The molecule has 0 aromatic carbocycles. The molecule has 1 heterocycles. The van der Waals surface area contributed by atoms with Gasteiger partial charge < -0.3 is 20.8 Å². The highest BCUT2D eigenvalue weighted by atomic mass is 16.8. The second kappa shape index (κ2) is 2.49. The summed E-state index contributed by atoms with van der Waals surface area (Å²) in [4.78, 5) is 20.2. The maximum absolute atomic E-state index is 10.5. The molecule has 1 amide bonds. The van der Waals surface area contributed by atoms with Crippen LogP contribution < -0.4 is 15.7 Å². The highest BCUT2D eigenvalue weighted by molar-refractivity contribution is 5.99. The molecule has 1 aromatic rings. The molecule has 0 atom stereocenters. The van der Waals surface area contributed by atoms with E-state index in [1.807, 2.05) is 0 Å². The van der Waals surface area contributed by atoms with Crippen molar-refractivity contribution in [3.8, 4) is 0 Å². The third kappa shape index (κ3) is 1.05. The summed E-state index contributed by atoms with van der Waals surface area (Å²) >= 11 is 0. The van der Waals surface area contributed by atoms with Crippen LogP contribution in [0.5, 0.6) is 0 Å². The number of amides is 1. The largest absolute Gasteiger partial charge is 0.541 e. The van der Waals surface area contributed by atoms with Gasteiger partial charge in [0, 0.05) is 5.16 Å². The Hall–Kier alpha value is -2.12. The van der Waals surface area contributed by atoms with E-state index in [9.17, 15) is 19.9 Å². The minimum absolute atomic E-state index is 0.395. The van der Waals surface area contributed by atoms with E-state index in [4.69, 9.17) is 0 Å². The van der Waals surface area contributed by atoms with Gasteiger partial charge in [-0.15, -0.1) is 0 Å². The highest BCUT2D eigenvalue weighted by Crippen LogP contribution is 1.96. The number of aromatic carboxylic acids is 1. The third-order valence-electron chi connectivity index (χ3n) is 1.04. The van der Waals surface area contributed by atoms with Crippen LogP contribution >= 0.6 is 0 Å². The number of carboxylic acid groups (broad SMARTS) is 1. The van der Waals surface area contributed by atoms with Gasteiger partial charge in [-0.1, -0.05) is 0 Å². The van der Waals surface area contributed by atoms with E-state index in [1.165, 1.54) is 0 Å². The predicted octanol–water partition coefficient (Wildman–Crippen LogP) is -3.23. The Balaban J connectivity index is 3.31. The SMILES string of the molecule is NC(=O)c1c(C(=O)[O-])no[n+]1[O-]. The summed E-state index contributed by atoms with van der Waals surface area (Å²) in [5.41, 5.74) is 2.86. The van der Waals surface area contributed by atoms with Crippen LogP contribution in [0.2, 0.25) is 0 Å². The summed E-state index contributed by atoms with van der Waals surface area (Å²) in [7, 11) is 0. The van der Waals surface area contributed by atoms with Gasteiger partial charge in [-0.3, -0.25) is 9.42 Å². The Labute approximate surface area is 64.7 Å². The van der Waals surface area contributed by atoms with E-state index < -0.39 is 28.2 Å². The van der Waals surface area contributed by atoms with Gasteiger partial charge in [0.1, 0.15) is 5.97 Å². The highest BCUT2D eigenvalue weighted by Gasteiger charge is 2.24. The molecule has 0 saturated heterocycles. The normalized spacial score (nSPS) is 9.67. The summed E-state index contributed by atoms with van der Waals surface area (Å²) in [5, 5.41) is 23.4. The first-order valence-electron chi connectivity index (χ1n) is 2.65. The summed E-state index contributed by atoms with van der Waals surface area (Å²) in [6.45, 7) is 0. The smallest absolute Gasteiger partial charge is 0.297 e. The first kappa shape index (κ1) is 7.98. The maximum atomic E-state index is 10.5. The van der Waals surface area contributed by atoms with Gasteiger partial charge in [0.15, 0.2) is 0 Å². The number of carbonyl (C=O) groups is 2. The second-order valence-electron chi connectivity index (χ2n) is 1.78. The number of carboxylic acids is 1. The lowest BCUT2D eigenvalue weighted by atomic mass is 10.3. The number of nitrogens with zero attached hydrogens (tertiary/aromatic N) is 2. The summed E-state index contributed by atoms with van der Waals surface area (Å²) in [6, 6.07) is 0. The second-order valence-corrected chi connectivity index (χ2v) is 1.78. The van der Waals surface area contributed by atoms with Crippen LogP contribution in [0.1, 0.15) is 21.0 Å². The zero-order valence-electron chi connectivity index (χ0n) is 5.51. The Kier molecular flexibility index (Phi) is 1.66. The summed E-state index contributed by atoms with van der Waals surface area (Å²) < 4.78 is 3.81. The van der Waals surface area contributed by atoms with Crippen LogP contribution in [-0.4, -0.2) is 17.0 Å². The Morgan fingerprint density at radius 2 is 2.17 bits per heavy atom. The van der Waals surface area contributed by atoms with Gasteiger partial charge in [0.2, 0.25) is 0 Å². The molecule has 0 aliphatic carbocycles. The average molecular weight is 172 g/mol. The zero-order valence-corrected chi connectivity index (χ0v) is 5.51. The lowest BCUT2D eigenvalue weighted by Gasteiger charge is -1.92. The molecular formula is C4H2N3O5-. The lowest BCUT2D eigenvalue weighted by Crippen LogP contribution is -2.37. The first-order valence-corrected chi connectivity index (χ1v) is 2.65. The molecule has 8 nitrogen and oxygen atoms in total. The van der Waals surface area contributed by atoms with Crippen molar-refractivity contribution in [3.05, 3.63) is 16.6 Å². The molecule has 0 aliphatic rings. The van der Waals surface area contributed by atoms with Gasteiger partial charge in [-0.25, -0.2) is 0 Å². The van der Waals surface area contributed by atoms with E-state index in [2.05, 4.69) is 15.5 Å². The van der Waals surface area contributed by atoms with E-state index in [0.29, 0.717) is 0 Å². The van der Waals surface area contributed by atoms with E-state index in [0.717, 1.165) is 0 Å². The van der Waals surface area contributed by atoms with Crippen molar-refractivity contribution in [2.24, 2.45) is 5.73 Å². The topological polar surface area (TPSA) is 136 Å².